The second-order valence-electron chi connectivity index (χ2n) is 5.80. The molecule has 1 amide bonds. The maximum atomic E-state index is 12.6. The standard InChI is InChI=1S/C16H21N5O/c1-12-8-17-7-6-15(12)20-16(22)14-5-3-2-4-13(14)9-21-11-18-10-19-21/h2-5,10-12,15,17H,6-9H2,1H3,(H,20,22). The Morgan fingerprint density at radius 3 is 3.09 bits per heavy atom. The first-order valence-electron chi connectivity index (χ1n) is 7.66. The number of rotatable bonds is 4. The molecule has 1 aliphatic rings. The lowest BCUT2D eigenvalue weighted by Gasteiger charge is -2.30. The second kappa shape index (κ2) is 6.70. The fraction of sp³-hybridized carbons (Fsp3) is 0.438. The minimum atomic E-state index is -0.00512. The van der Waals surface area contributed by atoms with Gasteiger partial charge in [0.25, 0.3) is 5.91 Å². The highest BCUT2D eigenvalue weighted by Gasteiger charge is 2.23. The van der Waals surface area contributed by atoms with Gasteiger partial charge in [0.2, 0.25) is 0 Å². The van der Waals surface area contributed by atoms with Crippen molar-refractivity contribution in [2.24, 2.45) is 5.92 Å². The van der Waals surface area contributed by atoms with E-state index in [1.165, 1.54) is 6.33 Å². The fourth-order valence-electron chi connectivity index (χ4n) is 2.84. The zero-order valence-electron chi connectivity index (χ0n) is 12.7. The number of carbonyl (C=O) groups excluding carboxylic acids is 1. The number of piperidine rings is 1. The van der Waals surface area contributed by atoms with Gasteiger partial charge < -0.3 is 10.6 Å². The normalized spacial score (nSPS) is 21.5. The quantitative estimate of drug-likeness (QED) is 0.885. The van der Waals surface area contributed by atoms with Crippen molar-refractivity contribution in [2.75, 3.05) is 13.1 Å². The van der Waals surface area contributed by atoms with Gasteiger partial charge in [-0.25, -0.2) is 9.67 Å². The van der Waals surface area contributed by atoms with Crippen LogP contribution in [0.4, 0.5) is 0 Å². The molecule has 2 atom stereocenters. The summed E-state index contributed by atoms with van der Waals surface area (Å²) in [7, 11) is 0. The minimum Gasteiger partial charge on any atom is -0.349 e. The van der Waals surface area contributed by atoms with Crippen LogP contribution in [0.15, 0.2) is 36.9 Å². The fourth-order valence-corrected chi connectivity index (χ4v) is 2.84. The molecule has 3 rings (SSSR count). The SMILES string of the molecule is CC1CNCCC1NC(=O)c1ccccc1Cn1cncn1. The summed E-state index contributed by atoms with van der Waals surface area (Å²) in [6.45, 7) is 4.62. The summed E-state index contributed by atoms with van der Waals surface area (Å²) >= 11 is 0. The maximum absolute atomic E-state index is 12.6. The highest BCUT2D eigenvalue weighted by atomic mass is 16.1. The number of aromatic nitrogens is 3. The molecule has 2 aromatic rings. The van der Waals surface area contributed by atoms with E-state index in [1.807, 2.05) is 24.3 Å². The van der Waals surface area contributed by atoms with E-state index in [1.54, 1.807) is 11.0 Å². The lowest BCUT2D eigenvalue weighted by atomic mass is 9.94. The van der Waals surface area contributed by atoms with Crippen molar-refractivity contribution in [3.8, 4) is 0 Å². The zero-order chi connectivity index (χ0) is 15.4. The van der Waals surface area contributed by atoms with Crippen LogP contribution in [0.25, 0.3) is 0 Å². The number of amides is 1. The first kappa shape index (κ1) is 14.7. The molecule has 1 aliphatic heterocycles. The van der Waals surface area contributed by atoms with Crippen LogP contribution in [-0.4, -0.2) is 39.8 Å². The van der Waals surface area contributed by atoms with Crippen molar-refractivity contribution >= 4 is 5.91 Å². The zero-order valence-corrected chi connectivity index (χ0v) is 12.7. The Bertz CT molecular complexity index is 625. The Hall–Kier alpha value is -2.21. The highest BCUT2D eigenvalue weighted by molar-refractivity contribution is 5.95. The first-order chi connectivity index (χ1) is 10.7. The van der Waals surface area contributed by atoms with Gasteiger partial charge in [-0.15, -0.1) is 0 Å². The van der Waals surface area contributed by atoms with E-state index in [-0.39, 0.29) is 11.9 Å². The van der Waals surface area contributed by atoms with Crippen LogP contribution in [0, 0.1) is 5.92 Å². The summed E-state index contributed by atoms with van der Waals surface area (Å²) in [5.41, 5.74) is 1.66. The lowest BCUT2D eigenvalue weighted by Crippen LogP contribution is -2.48. The molecule has 0 aliphatic carbocycles. The Morgan fingerprint density at radius 1 is 1.45 bits per heavy atom. The van der Waals surface area contributed by atoms with Crippen molar-refractivity contribution in [1.82, 2.24) is 25.4 Å². The molecule has 1 aromatic carbocycles. The van der Waals surface area contributed by atoms with Crippen molar-refractivity contribution in [2.45, 2.75) is 25.9 Å². The van der Waals surface area contributed by atoms with Gasteiger partial charge in [-0.3, -0.25) is 4.79 Å². The van der Waals surface area contributed by atoms with Gasteiger partial charge in [-0.05, 0) is 37.1 Å². The van der Waals surface area contributed by atoms with Gasteiger partial charge in [0.05, 0.1) is 6.54 Å². The molecule has 2 heterocycles. The molecule has 0 bridgehead atoms. The highest BCUT2D eigenvalue weighted by Crippen LogP contribution is 2.14. The molecule has 2 N–H and O–H groups in total. The van der Waals surface area contributed by atoms with E-state index in [2.05, 4.69) is 27.6 Å². The molecule has 1 aromatic heterocycles. The second-order valence-corrected chi connectivity index (χ2v) is 5.80. The summed E-state index contributed by atoms with van der Waals surface area (Å²) in [6.07, 6.45) is 4.13. The van der Waals surface area contributed by atoms with Gasteiger partial charge in [0.15, 0.2) is 0 Å². The van der Waals surface area contributed by atoms with Crippen LogP contribution >= 0.6 is 0 Å². The van der Waals surface area contributed by atoms with Gasteiger partial charge in [0, 0.05) is 11.6 Å². The molecule has 1 fully saturated rings. The Labute approximate surface area is 129 Å². The van der Waals surface area contributed by atoms with Crippen LogP contribution < -0.4 is 10.6 Å². The third-order valence-electron chi connectivity index (χ3n) is 4.16. The summed E-state index contributed by atoms with van der Waals surface area (Å²) in [5, 5.41) is 10.6. The molecule has 116 valence electrons. The van der Waals surface area contributed by atoms with E-state index in [4.69, 9.17) is 0 Å². The molecule has 1 saturated heterocycles. The van der Waals surface area contributed by atoms with E-state index in [9.17, 15) is 4.79 Å². The van der Waals surface area contributed by atoms with E-state index in [0.29, 0.717) is 18.0 Å². The van der Waals surface area contributed by atoms with Crippen LogP contribution in [0.3, 0.4) is 0 Å². The molecular formula is C16H21N5O. The van der Waals surface area contributed by atoms with Crippen LogP contribution in [0.1, 0.15) is 29.3 Å². The average molecular weight is 299 g/mol. The van der Waals surface area contributed by atoms with Gasteiger partial charge in [-0.2, -0.15) is 5.10 Å². The number of carbonyl (C=O) groups is 1. The molecule has 6 nitrogen and oxygen atoms in total. The molecule has 22 heavy (non-hydrogen) atoms. The van der Waals surface area contributed by atoms with Crippen molar-refractivity contribution in [3.05, 3.63) is 48.0 Å². The van der Waals surface area contributed by atoms with Crippen molar-refractivity contribution in [3.63, 3.8) is 0 Å². The first-order valence-corrected chi connectivity index (χ1v) is 7.66. The monoisotopic (exact) mass is 299 g/mol. The summed E-state index contributed by atoms with van der Waals surface area (Å²) < 4.78 is 1.72. The number of hydrogen-bond acceptors (Lipinski definition) is 4. The molecule has 2 unspecified atom stereocenters. The smallest absolute Gasteiger partial charge is 0.251 e. The van der Waals surface area contributed by atoms with E-state index < -0.39 is 0 Å². The maximum Gasteiger partial charge on any atom is 0.251 e. The van der Waals surface area contributed by atoms with Gasteiger partial charge >= 0.3 is 0 Å². The average Bonchev–Trinajstić information content (AvgIpc) is 3.03. The van der Waals surface area contributed by atoms with E-state index in [0.717, 1.165) is 25.1 Å². The van der Waals surface area contributed by atoms with Crippen molar-refractivity contribution in [1.29, 1.82) is 0 Å². The molecule has 0 radical (unpaired) electrons. The van der Waals surface area contributed by atoms with Gasteiger partial charge in [0.1, 0.15) is 12.7 Å². The Balaban J connectivity index is 1.74. The number of nitrogens with one attached hydrogen (secondary N) is 2. The van der Waals surface area contributed by atoms with E-state index >= 15 is 0 Å². The molecule has 0 spiro atoms. The number of hydrogen-bond donors (Lipinski definition) is 2. The van der Waals surface area contributed by atoms with Crippen molar-refractivity contribution < 1.29 is 4.79 Å². The predicted octanol–water partition coefficient (Wildman–Crippen LogP) is 1.05. The third kappa shape index (κ3) is 3.33. The number of nitrogens with zero attached hydrogens (tertiary/aromatic N) is 3. The lowest BCUT2D eigenvalue weighted by molar-refractivity contribution is 0.0913. The minimum absolute atomic E-state index is 0.00512. The molecule has 6 heteroatoms. The summed E-state index contributed by atoms with van der Waals surface area (Å²) in [5.74, 6) is 0.439. The van der Waals surface area contributed by atoms with Gasteiger partial charge in [-0.1, -0.05) is 25.1 Å². The Kier molecular flexibility index (Phi) is 4.48. The van der Waals surface area contributed by atoms with Crippen LogP contribution in [0.5, 0.6) is 0 Å². The number of benzene rings is 1. The van der Waals surface area contributed by atoms with Crippen LogP contribution in [0.2, 0.25) is 0 Å². The molecule has 0 saturated carbocycles. The Morgan fingerprint density at radius 2 is 2.32 bits per heavy atom. The topological polar surface area (TPSA) is 71.8 Å². The summed E-state index contributed by atoms with van der Waals surface area (Å²) in [4.78, 5) is 16.6. The third-order valence-corrected chi connectivity index (χ3v) is 4.16. The van der Waals surface area contributed by atoms with Crippen LogP contribution in [-0.2, 0) is 6.54 Å². The largest absolute Gasteiger partial charge is 0.349 e. The predicted molar refractivity (Wildman–Crippen MR) is 83.5 cm³/mol. The summed E-state index contributed by atoms with van der Waals surface area (Å²) in [6, 6.07) is 7.89. The molecular weight excluding hydrogens is 278 g/mol.